The fourth-order valence-corrected chi connectivity index (χ4v) is 3.07. The van der Waals surface area contributed by atoms with Gasteiger partial charge < -0.3 is 0 Å². The molecular formula is C17H21N. The second-order valence-electron chi connectivity index (χ2n) is 5.54. The molecule has 1 nitrogen and oxygen atoms in total. The molecule has 1 saturated heterocycles. The molecule has 0 amide bonds. The minimum atomic E-state index is 0.469. The fraction of sp³-hybridized carbons (Fsp3) is 0.529. The summed E-state index contributed by atoms with van der Waals surface area (Å²) in [5.41, 5.74) is 1.89. The van der Waals surface area contributed by atoms with Gasteiger partial charge in [-0.2, -0.15) is 0 Å². The lowest BCUT2D eigenvalue weighted by atomic mass is 9.81. The molecule has 0 radical (unpaired) electrons. The number of benzene rings is 1. The van der Waals surface area contributed by atoms with Crippen LogP contribution in [0.5, 0.6) is 0 Å². The molecule has 18 heavy (non-hydrogen) atoms. The molecule has 1 aliphatic heterocycles. The number of hydrogen-bond donors (Lipinski definition) is 0. The van der Waals surface area contributed by atoms with E-state index in [2.05, 4.69) is 54.0 Å². The Hall–Kier alpha value is -1.26. The zero-order valence-corrected chi connectivity index (χ0v) is 11.2. The predicted octanol–water partition coefficient (Wildman–Crippen LogP) is 3.60. The van der Waals surface area contributed by atoms with Crippen molar-refractivity contribution < 1.29 is 0 Å². The Morgan fingerprint density at radius 3 is 2.67 bits per heavy atom. The van der Waals surface area contributed by atoms with E-state index in [1.54, 1.807) is 0 Å². The normalized spacial score (nSPS) is 27.2. The van der Waals surface area contributed by atoms with Crippen LogP contribution in [-0.2, 0) is 6.54 Å². The first-order valence-electron chi connectivity index (χ1n) is 7.16. The summed E-state index contributed by atoms with van der Waals surface area (Å²) < 4.78 is 0. The first kappa shape index (κ1) is 11.8. The van der Waals surface area contributed by atoms with Crippen molar-refractivity contribution in [1.29, 1.82) is 0 Å². The van der Waals surface area contributed by atoms with Gasteiger partial charge in [0.15, 0.2) is 0 Å². The molecule has 2 aliphatic rings. The van der Waals surface area contributed by atoms with Gasteiger partial charge in [0.05, 0.1) is 6.04 Å². The summed E-state index contributed by atoms with van der Waals surface area (Å²) in [5, 5.41) is 0. The van der Waals surface area contributed by atoms with E-state index in [0.717, 1.165) is 13.0 Å². The molecule has 0 aromatic heterocycles. The molecular weight excluding hydrogens is 218 g/mol. The minimum absolute atomic E-state index is 0.469. The average Bonchev–Trinajstić information content (AvgIpc) is 2.99. The maximum atomic E-state index is 3.50. The Labute approximate surface area is 110 Å². The number of unbranched alkanes of at least 4 members (excludes halogenated alkanes) is 1. The second kappa shape index (κ2) is 4.78. The van der Waals surface area contributed by atoms with Gasteiger partial charge in [-0.1, -0.05) is 43.2 Å². The molecule has 2 fully saturated rings. The topological polar surface area (TPSA) is 3.01 Å². The van der Waals surface area contributed by atoms with Crippen molar-refractivity contribution in [2.24, 2.45) is 0 Å². The van der Waals surface area contributed by atoms with Gasteiger partial charge in [-0.3, -0.25) is 4.90 Å². The first-order chi connectivity index (χ1) is 8.87. The van der Waals surface area contributed by atoms with Crippen LogP contribution in [0.2, 0.25) is 0 Å². The third-order valence-corrected chi connectivity index (χ3v) is 4.35. The monoisotopic (exact) mass is 239 g/mol. The summed E-state index contributed by atoms with van der Waals surface area (Å²) in [6.07, 6.45) is 6.31. The summed E-state index contributed by atoms with van der Waals surface area (Å²) in [7, 11) is 0. The van der Waals surface area contributed by atoms with Crippen LogP contribution in [0.4, 0.5) is 0 Å². The molecule has 1 aliphatic carbocycles. The fourth-order valence-electron chi connectivity index (χ4n) is 3.07. The Bertz CT molecular complexity index is 461. The quantitative estimate of drug-likeness (QED) is 0.575. The van der Waals surface area contributed by atoms with Crippen LogP contribution in [0.15, 0.2) is 30.3 Å². The van der Waals surface area contributed by atoms with Crippen molar-refractivity contribution in [3.05, 3.63) is 35.9 Å². The summed E-state index contributed by atoms with van der Waals surface area (Å²) in [6.45, 7) is 3.27. The molecule has 0 N–H and O–H groups in total. The predicted molar refractivity (Wildman–Crippen MR) is 75.0 cm³/mol. The lowest BCUT2D eigenvalue weighted by Crippen LogP contribution is -2.28. The average molecular weight is 239 g/mol. The third kappa shape index (κ3) is 1.95. The van der Waals surface area contributed by atoms with E-state index >= 15 is 0 Å². The van der Waals surface area contributed by atoms with Gasteiger partial charge in [0, 0.05) is 18.5 Å². The Morgan fingerprint density at radius 2 is 2.06 bits per heavy atom. The number of hydrogen-bond acceptors (Lipinski definition) is 1. The highest BCUT2D eigenvalue weighted by Gasteiger charge is 2.64. The van der Waals surface area contributed by atoms with Crippen LogP contribution in [0.1, 0.15) is 44.6 Å². The lowest BCUT2D eigenvalue weighted by Gasteiger charge is -2.26. The third-order valence-electron chi connectivity index (χ3n) is 4.35. The van der Waals surface area contributed by atoms with E-state index in [4.69, 9.17) is 0 Å². The standard InChI is InChI=1S/C17H21N/c1-2-3-5-11-16-17(12-8-13-17)18(16)14-15-9-6-4-7-10-15/h4,6-7,9-10,16H,2-3,8,12-14H2,1H3/t16-,18?/m1/s1. The zero-order valence-electron chi connectivity index (χ0n) is 11.2. The number of nitrogens with zero attached hydrogens (tertiary/aromatic N) is 1. The lowest BCUT2D eigenvalue weighted by molar-refractivity contribution is 0.270. The maximum Gasteiger partial charge on any atom is 0.0909 e. The van der Waals surface area contributed by atoms with Crippen molar-refractivity contribution >= 4 is 0 Å². The molecule has 0 bridgehead atoms. The molecule has 3 rings (SSSR count). The van der Waals surface area contributed by atoms with Crippen LogP contribution in [0, 0.1) is 11.8 Å². The molecule has 94 valence electrons. The van der Waals surface area contributed by atoms with Crippen molar-refractivity contribution in [2.75, 3.05) is 0 Å². The maximum absolute atomic E-state index is 3.50. The van der Waals surface area contributed by atoms with Gasteiger partial charge in [0.2, 0.25) is 0 Å². The Morgan fingerprint density at radius 1 is 1.28 bits per heavy atom. The van der Waals surface area contributed by atoms with Gasteiger partial charge in [-0.05, 0) is 31.2 Å². The molecule has 1 aromatic carbocycles. The molecule has 1 heterocycles. The highest BCUT2D eigenvalue weighted by molar-refractivity contribution is 5.34. The Kier molecular flexibility index (Phi) is 3.14. The molecule has 2 atom stereocenters. The van der Waals surface area contributed by atoms with E-state index in [1.165, 1.54) is 31.2 Å². The molecule has 1 saturated carbocycles. The largest absolute Gasteiger partial charge is 0.276 e. The van der Waals surface area contributed by atoms with Gasteiger partial charge >= 0.3 is 0 Å². The minimum Gasteiger partial charge on any atom is -0.276 e. The molecule has 1 spiro atoms. The van der Waals surface area contributed by atoms with Gasteiger partial charge in [0.25, 0.3) is 0 Å². The van der Waals surface area contributed by atoms with Crippen molar-refractivity contribution in [3.8, 4) is 11.8 Å². The summed E-state index contributed by atoms with van der Waals surface area (Å²) >= 11 is 0. The van der Waals surface area contributed by atoms with Gasteiger partial charge in [0.1, 0.15) is 0 Å². The smallest absolute Gasteiger partial charge is 0.0909 e. The van der Waals surface area contributed by atoms with Crippen LogP contribution < -0.4 is 0 Å². The van der Waals surface area contributed by atoms with Crippen LogP contribution in [0.25, 0.3) is 0 Å². The van der Waals surface area contributed by atoms with E-state index in [9.17, 15) is 0 Å². The van der Waals surface area contributed by atoms with Crippen molar-refractivity contribution in [2.45, 2.75) is 57.2 Å². The van der Waals surface area contributed by atoms with E-state index in [0.29, 0.717) is 11.6 Å². The van der Waals surface area contributed by atoms with Gasteiger partial charge in [-0.15, -0.1) is 5.92 Å². The first-order valence-corrected chi connectivity index (χ1v) is 7.16. The summed E-state index contributed by atoms with van der Waals surface area (Å²) in [4.78, 5) is 2.61. The molecule has 1 unspecified atom stereocenters. The second-order valence-corrected chi connectivity index (χ2v) is 5.54. The van der Waals surface area contributed by atoms with Crippen LogP contribution >= 0.6 is 0 Å². The van der Waals surface area contributed by atoms with E-state index in [-0.39, 0.29) is 0 Å². The van der Waals surface area contributed by atoms with Crippen molar-refractivity contribution in [3.63, 3.8) is 0 Å². The van der Waals surface area contributed by atoms with Crippen molar-refractivity contribution in [1.82, 2.24) is 4.90 Å². The SMILES string of the molecule is CCCC#C[C@H]1N(Cc2ccccc2)C12CCC2. The molecule has 1 aromatic rings. The van der Waals surface area contributed by atoms with Gasteiger partial charge in [-0.25, -0.2) is 0 Å². The summed E-state index contributed by atoms with van der Waals surface area (Å²) in [5.74, 6) is 6.84. The van der Waals surface area contributed by atoms with E-state index in [1.807, 2.05) is 0 Å². The highest BCUT2D eigenvalue weighted by Crippen LogP contribution is 2.55. The summed E-state index contributed by atoms with van der Waals surface area (Å²) in [6, 6.07) is 11.3. The number of rotatable bonds is 3. The van der Waals surface area contributed by atoms with Crippen LogP contribution in [-0.4, -0.2) is 16.5 Å². The van der Waals surface area contributed by atoms with E-state index < -0.39 is 0 Å². The zero-order chi connectivity index (χ0) is 12.4. The van der Waals surface area contributed by atoms with Crippen LogP contribution in [0.3, 0.4) is 0 Å². The highest BCUT2D eigenvalue weighted by atomic mass is 15.4. The Balaban J connectivity index is 1.67. The molecule has 1 heteroatoms.